The summed E-state index contributed by atoms with van der Waals surface area (Å²) in [5.41, 5.74) is 2.75. The van der Waals surface area contributed by atoms with Crippen molar-refractivity contribution in [2.24, 2.45) is 4.99 Å². The van der Waals surface area contributed by atoms with Crippen LogP contribution in [0.15, 0.2) is 47.5 Å². The van der Waals surface area contributed by atoms with Gasteiger partial charge in [-0.05, 0) is 36.8 Å². The minimum absolute atomic E-state index is 0.149. The van der Waals surface area contributed by atoms with Gasteiger partial charge in [0.1, 0.15) is 11.5 Å². The fourth-order valence-corrected chi connectivity index (χ4v) is 2.95. The number of carbonyl (C=O) groups is 1. The van der Waals surface area contributed by atoms with Crippen LogP contribution in [0.2, 0.25) is 0 Å². The lowest BCUT2D eigenvalue weighted by molar-refractivity contribution is 0.0954. The molecule has 32 heavy (non-hydrogen) atoms. The number of ether oxygens (including phenoxy) is 3. The quantitative estimate of drug-likeness (QED) is 0.266. The van der Waals surface area contributed by atoms with Crippen molar-refractivity contribution in [3.63, 3.8) is 0 Å². The molecule has 0 radical (unpaired) electrons. The van der Waals surface area contributed by atoms with Crippen molar-refractivity contribution in [3.05, 3.63) is 59.2 Å². The predicted molar refractivity (Wildman–Crippen MR) is 127 cm³/mol. The van der Waals surface area contributed by atoms with Gasteiger partial charge >= 0.3 is 0 Å². The minimum atomic E-state index is -0.149. The van der Waals surface area contributed by atoms with Gasteiger partial charge in [0.25, 0.3) is 5.91 Å². The van der Waals surface area contributed by atoms with Crippen LogP contribution in [-0.2, 0) is 11.3 Å². The first-order valence-corrected chi connectivity index (χ1v) is 10.7. The first-order chi connectivity index (χ1) is 15.6. The number of benzene rings is 2. The Morgan fingerprint density at radius 3 is 2.56 bits per heavy atom. The van der Waals surface area contributed by atoms with Crippen molar-refractivity contribution in [1.82, 2.24) is 16.0 Å². The van der Waals surface area contributed by atoms with Gasteiger partial charge in [-0.2, -0.15) is 0 Å². The molecule has 2 aromatic carbocycles. The van der Waals surface area contributed by atoms with Gasteiger partial charge in [-0.15, -0.1) is 0 Å². The summed E-state index contributed by atoms with van der Waals surface area (Å²) < 4.78 is 16.2. The van der Waals surface area contributed by atoms with Crippen molar-refractivity contribution in [2.75, 3.05) is 47.6 Å². The van der Waals surface area contributed by atoms with Crippen LogP contribution >= 0.6 is 0 Å². The van der Waals surface area contributed by atoms with E-state index in [1.165, 1.54) is 0 Å². The highest BCUT2D eigenvalue weighted by atomic mass is 16.5. The number of nitrogens with one attached hydrogen (secondary N) is 3. The van der Waals surface area contributed by atoms with Gasteiger partial charge in [-0.3, -0.25) is 9.79 Å². The summed E-state index contributed by atoms with van der Waals surface area (Å²) in [6.07, 6.45) is 0.835. The average Bonchev–Trinajstić information content (AvgIpc) is 2.82. The number of guanidine groups is 1. The first kappa shape index (κ1) is 25.0. The van der Waals surface area contributed by atoms with E-state index in [9.17, 15) is 4.79 Å². The van der Waals surface area contributed by atoms with E-state index in [1.807, 2.05) is 13.0 Å². The summed E-state index contributed by atoms with van der Waals surface area (Å²) in [6.45, 7) is 4.86. The SMILES string of the molecule is CN=C(NCCNC(=O)c1cccc(OC)c1)NCc1ccc(C)cc1OCCCOC. The lowest BCUT2D eigenvalue weighted by Gasteiger charge is -2.16. The molecule has 0 bridgehead atoms. The Morgan fingerprint density at radius 2 is 1.81 bits per heavy atom. The smallest absolute Gasteiger partial charge is 0.251 e. The molecule has 0 saturated carbocycles. The minimum Gasteiger partial charge on any atom is -0.497 e. The Bertz CT molecular complexity index is 886. The average molecular weight is 443 g/mol. The van der Waals surface area contributed by atoms with E-state index in [0.29, 0.717) is 50.1 Å². The molecule has 0 saturated heterocycles. The van der Waals surface area contributed by atoms with Gasteiger partial charge in [-0.25, -0.2) is 0 Å². The molecule has 0 aliphatic rings. The van der Waals surface area contributed by atoms with E-state index in [4.69, 9.17) is 14.2 Å². The summed E-state index contributed by atoms with van der Waals surface area (Å²) in [4.78, 5) is 16.5. The van der Waals surface area contributed by atoms with Crippen LogP contribution < -0.4 is 25.4 Å². The molecule has 0 atom stereocenters. The fourth-order valence-electron chi connectivity index (χ4n) is 2.95. The highest BCUT2D eigenvalue weighted by Gasteiger charge is 2.08. The normalized spacial score (nSPS) is 11.1. The van der Waals surface area contributed by atoms with Crippen molar-refractivity contribution in [2.45, 2.75) is 19.9 Å². The maximum atomic E-state index is 12.3. The Hall–Kier alpha value is -3.26. The number of rotatable bonds is 12. The summed E-state index contributed by atoms with van der Waals surface area (Å²) in [6, 6.07) is 13.2. The molecular weight excluding hydrogens is 408 g/mol. The monoisotopic (exact) mass is 442 g/mol. The number of nitrogens with zero attached hydrogens (tertiary/aromatic N) is 1. The third-order valence-corrected chi connectivity index (χ3v) is 4.68. The molecule has 1 amide bonds. The molecular formula is C24H34N4O4. The number of carbonyl (C=O) groups excluding carboxylic acids is 1. The molecule has 0 unspecified atom stereocenters. The zero-order valence-corrected chi connectivity index (χ0v) is 19.4. The van der Waals surface area contributed by atoms with Gasteiger partial charge in [0.15, 0.2) is 5.96 Å². The standard InChI is InChI=1S/C24H34N4O4/c1-18-9-10-20(22(15-18)32-14-6-13-30-3)17-28-24(25-2)27-12-11-26-23(29)19-7-5-8-21(16-19)31-4/h5,7-10,15-16H,6,11-14,17H2,1-4H3,(H,26,29)(H2,25,27,28). The van der Waals surface area contributed by atoms with Gasteiger partial charge < -0.3 is 30.2 Å². The second-order valence-corrected chi connectivity index (χ2v) is 7.15. The van der Waals surface area contributed by atoms with Crippen molar-refractivity contribution >= 4 is 11.9 Å². The summed E-state index contributed by atoms with van der Waals surface area (Å²) in [5.74, 6) is 2.00. The van der Waals surface area contributed by atoms with E-state index < -0.39 is 0 Å². The van der Waals surface area contributed by atoms with Gasteiger partial charge in [0, 0.05) is 57.9 Å². The molecule has 0 fully saturated rings. The Kier molecular flexibility index (Phi) is 10.9. The van der Waals surface area contributed by atoms with E-state index in [1.54, 1.807) is 45.5 Å². The fraction of sp³-hybridized carbons (Fsp3) is 0.417. The third-order valence-electron chi connectivity index (χ3n) is 4.68. The summed E-state index contributed by atoms with van der Waals surface area (Å²) in [7, 11) is 4.97. The molecule has 2 aromatic rings. The number of aliphatic imine (C=N–C) groups is 1. The van der Waals surface area contributed by atoms with Crippen LogP contribution in [0.3, 0.4) is 0 Å². The number of methoxy groups -OCH3 is 2. The molecule has 0 aliphatic carbocycles. The second-order valence-electron chi connectivity index (χ2n) is 7.15. The lowest BCUT2D eigenvalue weighted by atomic mass is 10.1. The molecule has 0 spiro atoms. The highest BCUT2D eigenvalue weighted by molar-refractivity contribution is 5.94. The van der Waals surface area contributed by atoms with Crippen LogP contribution in [0.25, 0.3) is 0 Å². The van der Waals surface area contributed by atoms with Crippen LogP contribution in [-0.4, -0.2) is 59.4 Å². The number of hydrogen-bond donors (Lipinski definition) is 3. The van der Waals surface area contributed by atoms with E-state index >= 15 is 0 Å². The Balaban J connectivity index is 1.79. The van der Waals surface area contributed by atoms with Crippen LogP contribution in [0.5, 0.6) is 11.5 Å². The van der Waals surface area contributed by atoms with Crippen LogP contribution in [0.4, 0.5) is 0 Å². The third kappa shape index (κ3) is 8.47. The molecule has 8 heteroatoms. The molecule has 8 nitrogen and oxygen atoms in total. The largest absolute Gasteiger partial charge is 0.497 e. The number of aryl methyl sites for hydroxylation is 1. The maximum Gasteiger partial charge on any atom is 0.251 e. The van der Waals surface area contributed by atoms with Gasteiger partial charge in [0.05, 0.1) is 13.7 Å². The van der Waals surface area contributed by atoms with E-state index in [0.717, 1.165) is 23.3 Å². The second kappa shape index (κ2) is 13.9. The summed E-state index contributed by atoms with van der Waals surface area (Å²) in [5, 5.41) is 9.37. The van der Waals surface area contributed by atoms with Gasteiger partial charge in [-0.1, -0.05) is 18.2 Å². The topological polar surface area (TPSA) is 93.2 Å². The molecule has 2 rings (SSSR count). The van der Waals surface area contributed by atoms with Crippen LogP contribution in [0, 0.1) is 6.92 Å². The highest BCUT2D eigenvalue weighted by Crippen LogP contribution is 2.20. The Morgan fingerprint density at radius 1 is 1.00 bits per heavy atom. The molecule has 174 valence electrons. The van der Waals surface area contributed by atoms with Crippen LogP contribution in [0.1, 0.15) is 27.9 Å². The van der Waals surface area contributed by atoms with Crippen molar-refractivity contribution < 1.29 is 19.0 Å². The Labute approximate surface area is 190 Å². The van der Waals surface area contributed by atoms with Gasteiger partial charge in [0.2, 0.25) is 0 Å². The van der Waals surface area contributed by atoms with E-state index in [2.05, 4.69) is 33.1 Å². The van der Waals surface area contributed by atoms with Crippen molar-refractivity contribution in [3.8, 4) is 11.5 Å². The lowest BCUT2D eigenvalue weighted by Crippen LogP contribution is -2.41. The number of hydrogen-bond acceptors (Lipinski definition) is 5. The molecule has 0 heterocycles. The van der Waals surface area contributed by atoms with E-state index in [-0.39, 0.29) is 5.91 Å². The zero-order valence-electron chi connectivity index (χ0n) is 19.4. The molecule has 0 aromatic heterocycles. The zero-order chi connectivity index (χ0) is 23.2. The predicted octanol–water partition coefficient (Wildman–Crippen LogP) is 2.51. The summed E-state index contributed by atoms with van der Waals surface area (Å²) >= 11 is 0. The number of amides is 1. The molecule has 3 N–H and O–H groups in total. The van der Waals surface area contributed by atoms with Crippen molar-refractivity contribution in [1.29, 1.82) is 0 Å². The molecule has 0 aliphatic heterocycles. The first-order valence-electron chi connectivity index (χ1n) is 10.7. The maximum absolute atomic E-state index is 12.3.